The molecule has 0 aromatic carbocycles. The lowest BCUT2D eigenvalue weighted by molar-refractivity contribution is 0.302. The fourth-order valence-electron chi connectivity index (χ4n) is 4.15. The summed E-state index contributed by atoms with van der Waals surface area (Å²) < 4.78 is 5.57. The first-order valence-corrected chi connectivity index (χ1v) is 8.66. The number of hydrogen-bond acceptors (Lipinski definition) is 4. The maximum Gasteiger partial charge on any atom is 0.552 e. The predicted octanol–water partition coefficient (Wildman–Crippen LogP) is 3.47. The number of allylic oxidation sites excluding steroid dienone is 1. The minimum atomic E-state index is -0.901. The molecule has 5 nitrogen and oxygen atoms in total. The van der Waals surface area contributed by atoms with E-state index in [0.717, 1.165) is 48.7 Å². The van der Waals surface area contributed by atoms with Gasteiger partial charge in [0.05, 0.1) is 12.3 Å². The molecule has 0 unspecified atom stereocenters. The summed E-state index contributed by atoms with van der Waals surface area (Å²) in [7, 11) is -0.901. The predicted molar refractivity (Wildman–Crippen MR) is 93.0 cm³/mol. The molecule has 0 atom stereocenters. The van der Waals surface area contributed by atoms with Gasteiger partial charge in [0.25, 0.3) is 0 Å². The quantitative estimate of drug-likeness (QED) is 0.848. The van der Waals surface area contributed by atoms with Crippen LogP contribution in [0.15, 0.2) is 24.4 Å². The molecular weight excluding hydrogens is 301 g/mol. The Hall–Kier alpha value is -2.26. The van der Waals surface area contributed by atoms with E-state index in [-0.39, 0.29) is 0 Å². The molecule has 24 heavy (non-hydrogen) atoms. The number of nitrogens with zero attached hydrogens (tertiary/aromatic N) is 2. The zero-order valence-corrected chi connectivity index (χ0v) is 13.5. The second-order valence-electron chi connectivity index (χ2n) is 6.78. The highest BCUT2D eigenvalue weighted by atomic mass is 16.5. The standard InChI is InChI=1S/C18H20BN3O2/c20-8-1-2-12-3-5-13(6-4-12)15-10-19(23)24-16-11-22-18-14(17(15)16)7-9-21-18/h7,9-13,23H,1-6H2,(H,21,22). The Labute approximate surface area is 141 Å². The van der Waals surface area contributed by atoms with Gasteiger partial charge in [-0.1, -0.05) is 0 Å². The third kappa shape index (κ3) is 2.69. The smallest absolute Gasteiger partial charge is 0.531 e. The molecule has 2 aliphatic rings. The van der Waals surface area contributed by atoms with Gasteiger partial charge >= 0.3 is 7.12 Å². The fourth-order valence-corrected chi connectivity index (χ4v) is 4.15. The number of aromatic amines is 1. The zero-order valence-electron chi connectivity index (χ0n) is 13.5. The number of aromatic nitrogens is 2. The number of nitriles is 1. The van der Waals surface area contributed by atoms with Crippen LogP contribution >= 0.6 is 0 Å². The fraction of sp³-hybridized carbons (Fsp3) is 0.444. The molecule has 1 aliphatic heterocycles. The van der Waals surface area contributed by atoms with E-state index in [2.05, 4.69) is 16.0 Å². The van der Waals surface area contributed by atoms with E-state index >= 15 is 0 Å². The minimum absolute atomic E-state index is 0.432. The van der Waals surface area contributed by atoms with Crippen molar-refractivity contribution in [1.29, 1.82) is 5.26 Å². The Morgan fingerprint density at radius 1 is 1.38 bits per heavy atom. The van der Waals surface area contributed by atoms with Gasteiger partial charge in [0, 0.05) is 23.6 Å². The summed E-state index contributed by atoms with van der Waals surface area (Å²) in [6, 6.07) is 4.28. The molecule has 0 saturated heterocycles. The van der Waals surface area contributed by atoms with Crippen LogP contribution in [0.3, 0.4) is 0 Å². The summed E-state index contributed by atoms with van der Waals surface area (Å²) in [4.78, 5) is 7.51. The van der Waals surface area contributed by atoms with Crippen LogP contribution in [0.2, 0.25) is 0 Å². The van der Waals surface area contributed by atoms with Crippen LogP contribution in [0.25, 0.3) is 16.6 Å². The molecule has 2 aromatic rings. The van der Waals surface area contributed by atoms with Crippen molar-refractivity contribution < 1.29 is 9.68 Å². The molecule has 1 fully saturated rings. The van der Waals surface area contributed by atoms with Crippen LogP contribution in [0.5, 0.6) is 5.75 Å². The third-order valence-electron chi connectivity index (χ3n) is 5.36. The molecule has 1 aliphatic carbocycles. The van der Waals surface area contributed by atoms with E-state index in [4.69, 9.17) is 9.92 Å². The maximum absolute atomic E-state index is 10.1. The van der Waals surface area contributed by atoms with Crippen molar-refractivity contribution in [2.24, 2.45) is 11.8 Å². The van der Waals surface area contributed by atoms with Gasteiger partial charge in [-0.25, -0.2) is 4.98 Å². The average Bonchev–Trinajstić information content (AvgIpc) is 3.08. The van der Waals surface area contributed by atoms with Crippen LogP contribution in [-0.4, -0.2) is 22.1 Å². The van der Waals surface area contributed by atoms with Crippen molar-refractivity contribution in [3.63, 3.8) is 0 Å². The molecule has 0 spiro atoms. The molecule has 2 aromatic heterocycles. The first-order chi connectivity index (χ1) is 11.8. The van der Waals surface area contributed by atoms with Gasteiger partial charge in [0.15, 0.2) is 0 Å². The Bertz CT molecular complexity index is 815. The summed E-state index contributed by atoms with van der Waals surface area (Å²) in [5, 5.41) is 19.9. The van der Waals surface area contributed by atoms with Crippen molar-refractivity contribution in [1.82, 2.24) is 9.97 Å². The first-order valence-electron chi connectivity index (χ1n) is 8.66. The lowest BCUT2D eigenvalue weighted by atomic mass is 9.70. The van der Waals surface area contributed by atoms with Crippen molar-refractivity contribution in [2.75, 3.05) is 0 Å². The second-order valence-corrected chi connectivity index (χ2v) is 6.78. The second kappa shape index (κ2) is 6.33. The molecule has 3 heterocycles. The monoisotopic (exact) mass is 321 g/mol. The number of hydrogen-bond donors (Lipinski definition) is 2. The Balaban J connectivity index is 1.62. The number of pyridine rings is 1. The number of fused-ring (bicyclic) bond motifs is 3. The van der Waals surface area contributed by atoms with Gasteiger partial charge in [-0.15, -0.1) is 0 Å². The molecule has 122 valence electrons. The van der Waals surface area contributed by atoms with E-state index in [0.29, 0.717) is 24.0 Å². The van der Waals surface area contributed by atoms with E-state index in [1.165, 1.54) is 5.57 Å². The van der Waals surface area contributed by atoms with E-state index in [1.807, 2.05) is 18.2 Å². The van der Waals surface area contributed by atoms with E-state index < -0.39 is 7.12 Å². The molecule has 0 radical (unpaired) electrons. The summed E-state index contributed by atoms with van der Waals surface area (Å²) in [6.07, 6.45) is 9.75. The van der Waals surface area contributed by atoms with Crippen LogP contribution < -0.4 is 4.65 Å². The van der Waals surface area contributed by atoms with Crippen LogP contribution in [0.1, 0.15) is 44.1 Å². The molecule has 6 heteroatoms. The maximum atomic E-state index is 10.1. The van der Waals surface area contributed by atoms with Gasteiger partial charge in [0.2, 0.25) is 0 Å². The number of nitrogens with one attached hydrogen (secondary N) is 1. The largest absolute Gasteiger partial charge is 0.552 e. The van der Waals surface area contributed by atoms with Crippen molar-refractivity contribution in [3.8, 4) is 11.8 Å². The molecule has 1 saturated carbocycles. The first kappa shape index (κ1) is 15.3. The topological polar surface area (TPSA) is 81.9 Å². The summed E-state index contributed by atoms with van der Waals surface area (Å²) in [6.45, 7) is 0. The van der Waals surface area contributed by atoms with Gasteiger partial charge in [0.1, 0.15) is 11.4 Å². The van der Waals surface area contributed by atoms with E-state index in [1.54, 1.807) is 6.20 Å². The molecule has 2 N–H and O–H groups in total. The number of rotatable bonds is 3. The van der Waals surface area contributed by atoms with Crippen LogP contribution in [-0.2, 0) is 0 Å². The van der Waals surface area contributed by atoms with Gasteiger partial charge < -0.3 is 14.7 Å². The van der Waals surface area contributed by atoms with E-state index in [9.17, 15) is 5.02 Å². The van der Waals surface area contributed by atoms with Crippen molar-refractivity contribution >= 4 is 23.7 Å². The Morgan fingerprint density at radius 3 is 3.00 bits per heavy atom. The average molecular weight is 321 g/mol. The van der Waals surface area contributed by atoms with Crippen LogP contribution in [0, 0.1) is 23.2 Å². The molecular formula is C18H20BN3O2. The lowest BCUT2D eigenvalue weighted by Crippen LogP contribution is -2.27. The highest BCUT2D eigenvalue weighted by Gasteiger charge is 2.32. The molecule has 0 bridgehead atoms. The third-order valence-corrected chi connectivity index (χ3v) is 5.36. The Kier molecular flexibility index (Phi) is 4.03. The number of H-pyrrole nitrogens is 1. The summed E-state index contributed by atoms with van der Waals surface area (Å²) >= 11 is 0. The SMILES string of the molecule is N#CCCC1CCC(C2=CB(O)Oc3cnc4[nH]ccc4c32)CC1. The zero-order chi connectivity index (χ0) is 16.5. The molecule has 0 amide bonds. The minimum Gasteiger partial charge on any atom is -0.531 e. The normalized spacial score (nSPS) is 23.3. The summed E-state index contributed by atoms with van der Waals surface area (Å²) in [5.41, 5.74) is 3.11. The van der Waals surface area contributed by atoms with Gasteiger partial charge in [-0.3, -0.25) is 0 Å². The lowest BCUT2D eigenvalue weighted by Gasteiger charge is -2.32. The van der Waals surface area contributed by atoms with Gasteiger partial charge in [-0.05, 0) is 61.6 Å². The van der Waals surface area contributed by atoms with Crippen molar-refractivity contribution in [3.05, 3.63) is 30.0 Å². The Morgan fingerprint density at radius 2 is 2.21 bits per heavy atom. The molecule has 4 rings (SSSR count). The van der Waals surface area contributed by atoms with Gasteiger partial charge in [-0.2, -0.15) is 5.26 Å². The summed E-state index contributed by atoms with van der Waals surface area (Å²) in [5.74, 6) is 3.62. The van der Waals surface area contributed by atoms with Crippen LogP contribution in [0.4, 0.5) is 0 Å². The van der Waals surface area contributed by atoms with Crippen molar-refractivity contribution in [2.45, 2.75) is 38.5 Å². The highest BCUT2D eigenvalue weighted by molar-refractivity contribution is 6.52. The highest BCUT2D eigenvalue weighted by Crippen LogP contribution is 2.45.